The van der Waals surface area contributed by atoms with Gasteiger partial charge >= 0.3 is 6.09 Å². The second kappa shape index (κ2) is 7.67. The van der Waals surface area contributed by atoms with Gasteiger partial charge in [0.2, 0.25) is 5.88 Å². The summed E-state index contributed by atoms with van der Waals surface area (Å²) in [6, 6.07) is 11.7. The Balaban J connectivity index is 1.43. The number of hydrogen-bond donors (Lipinski definition) is 2. The number of carbonyl (C=O) groups is 1. The third kappa shape index (κ3) is 4.11. The summed E-state index contributed by atoms with van der Waals surface area (Å²) in [5, 5.41) is 13.3. The van der Waals surface area contributed by atoms with Crippen molar-refractivity contribution in [1.82, 2.24) is 19.9 Å². The maximum atomic E-state index is 11.0. The van der Waals surface area contributed by atoms with Crippen LogP contribution in [-0.4, -0.2) is 50.2 Å². The second-order valence-corrected chi connectivity index (χ2v) is 6.81. The lowest BCUT2D eigenvalue weighted by molar-refractivity contribution is 0.0870. The van der Waals surface area contributed by atoms with Crippen molar-refractivity contribution in [3.63, 3.8) is 0 Å². The second-order valence-electron chi connectivity index (χ2n) is 6.81. The Morgan fingerprint density at radius 2 is 2.00 bits per heavy atom. The molecule has 0 aliphatic carbocycles. The molecule has 3 aromatic rings. The molecule has 1 aliphatic heterocycles. The fraction of sp³-hybridized carbons (Fsp3) is 0.300. The van der Waals surface area contributed by atoms with Crippen LogP contribution in [0.5, 0.6) is 5.88 Å². The number of nitrogens with one attached hydrogen (secondary N) is 1. The van der Waals surface area contributed by atoms with E-state index in [-0.39, 0.29) is 6.10 Å². The lowest BCUT2D eigenvalue weighted by Gasteiger charge is -2.29. The van der Waals surface area contributed by atoms with E-state index in [4.69, 9.17) is 9.84 Å². The maximum Gasteiger partial charge on any atom is 0.407 e. The number of piperidine rings is 1. The fourth-order valence-electron chi connectivity index (χ4n) is 3.26. The average molecular weight is 379 g/mol. The molecular formula is C20H21N5O3. The van der Waals surface area contributed by atoms with Gasteiger partial charge in [0.25, 0.3) is 0 Å². The summed E-state index contributed by atoms with van der Waals surface area (Å²) in [5.74, 6) is 1.11. The van der Waals surface area contributed by atoms with Crippen molar-refractivity contribution in [2.24, 2.45) is 0 Å². The van der Waals surface area contributed by atoms with E-state index >= 15 is 0 Å². The van der Waals surface area contributed by atoms with Gasteiger partial charge in [0.15, 0.2) is 0 Å². The number of aryl methyl sites for hydroxylation is 1. The van der Waals surface area contributed by atoms with Gasteiger partial charge in [-0.15, -0.1) is 0 Å². The highest BCUT2D eigenvalue weighted by Gasteiger charge is 2.23. The van der Waals surface area contributed by atoms with Crippen LogP contribution in [-0.2, 0) is 0 Å². The zero-order valence-corrected chi connectivity index (χ0v) is 15.5. The van der Waals surface area contributed by atoms with Crippen LogP contribution in [0.4, 0.5) is 16.3 Å². The average Bonchev–Trinajstić information content (AvgIpc) is 2.69. The lowest BCUT2D eigenvalue weighted by Crippen LogP contribution is -2.41. The Hall–Kier alpha value is -3.42. The summed E-state index contributed by atoms with van der Waals surface area (Å²) >= 11 is 0. The molecule has 2 aromatic heterocycles. The number of pyridine rings is 1. The van der Waals surface area contributed by atoms with Crippen molar-refractivity contribution < 1.29 is 14.6 Å². The van der Waals surface area contributed by atoms with E-state index in [1.165, 1.54) is 11.2 Å². The van der Waals surface area contributed by atoms with Crippen molar-refractivity contribution in [2.45, 2.75) is 25.9 Å². The summed E-state index contributed by atoms with van der Waals surface area (Å²) in [4.78, 5) is 25.3. The van der Waals surface area contributed by atoms with Gasteiger partial charge in [-0.2, -0.15) is 0 Å². The van der Waals surface area contributed by atoms with Crippen LogP contribution in [0.2, 0.25) is 0 Å². The van der Waals surface area contributed by atoms with Gasteiger partial charge < -0.3 is 20.1 Å². The SMILES string of the molecule is Cc1ccc2cc(Nc3cc(OC4CCN(C(=O)O)CC4)ncn3)ccc2n1. The third-order valence-corrected chi connectivity index (χ3v) is 4.74. The first-order valence-electron chi connectivity index (χ1n) is 9.18. The van der Waals surface area contributed by atoms with Crippen LogP contribution >= 0.6 is 0 Å². The van der Waals surface area contributed by atoms with Crippen molar-refractivity contribution in [3.8, 4) is 5.88 Å². The van der Waals surface area contributed by atoms with E-state index in [1.807, 2.05) is 37.3 Å². The number of benzene rings is 1. The number of hydrogen-bond acceptors (Lipinski definition) is 6. The first-order chi connectivity index (χ1) is 13.6. The highest BCUT2D eigenvalue weighted by Crippen LogP contribution is 2.23. The molecule has 1 aromatic carbocycles. The molecule has 2 N–H and O–H groups in total. The minimum absolute atomic E-state index is 0.0478. The van der Waals surface area contributed by atoms with Crippen LogP contribution in [0.1, 0.15) is 18.5 Å². The smallest absolute Gasteiger partial charge is 0.407 e. The Labute approximate surface area is 162 Å². The minimum atomic E-state index is -0.882. The summed E-state index contributed by atoms with van der Waals surface area (Å²) in [7, 11) is 0. The summed E-state index contributed by atoms with van der Waals surface area (Å²) in [6.45, 7) is 2.92. The molecule has 0 radical (unpaired) electrons. The van der Waals surface area contributed by atoms with Crippen molar-refractivity contribution in [3.05, 3.63) is 48.4 Å². The fourth-order valence-corrected chi connectivity index (χ4v) is 3.26. The number of aromatic nitrogens is 3. The molecule has 4 rings (SSSR count). The van der Waals surface area contributed by atoms with Gasteiger partial charge in [-0.1, -0.05) is 6.07 Å². The van der Waals surface area contributed by atoms with E-state index in [9.17, 15) is 4.79 Å². The van der Waals surface area contributed by atoms with Crippen molar-refractivity contribution >= 4 is 28.5 Å². The zero-order valence-electron chi connectivity index (χ0n) is 15.5. The predicted molar refractivity (Wildman–Crippen MR) is 105 cm³/mol. The van der Waals surface area contributed by atoms with E-state index in [0.717, 1.165) is 22.3 Å². The third-order valence-electron chi connectivity index (χ3n) is 4.74. The van der Waals surface area contributed by atoms with Crippen LogP contribution in [0.15, 0.2) is 42.7 Å². The largest absolute Gasteiger partial charge is 0.474 e. The molecule has 3 heterocycles. The molecule has 0 atom stereocenters. The Kier molecular flexibility index (Phi) is 4.92. The van der Waals surface area contributed by atoms with E-state index in [1.54, 1.807) is 6.07 Å². The first-order valence-corrected chi connectivity index (χ1v) is 9.18. The Morgan fingerprint density at radius 1 is 1.18 bits per heavy atom. The van der Waals surface area contributed by atoms with E-state index in [0.29, 0.717) is 37.6 Å². The van der Waals surface area contributed by atoms with Gasteiger partial charge in [0.05, 0.1) is 5.52 Å². The first kappa shape index (κ1) is 18.0. The lowest BCUT2D eigenvalue weighted by atomic mass is 10.1. The van der Waals surface area contributed by atoms with Gasteiger partial charge in [0, 0.05) is 48.8 Å². The summed E-state index contributed by atoms with van der Waals surface area (Å²) in [6.07, 6.45) is 1.82. The van der Waals surface area contributed by atoms with Gasteiger partial charge in [0.1, 0.15) is 18.2 Å². The van der Waals surface area contributed by atoms with Crippen LogP contribution in [0.25, 0.3) is 10.9 Å². The number of ether oxygens (including phenoxy) is 1. The van der Waals surface area contributed by atoms with Crippen LogP contribution in [0, 0.1) is 6.92 Å². The highest BCUT2D eigenvalue weighted by atomic mass is 16.5. The van der Waals surface area contributed by atoms with Crippen molar-refractivity contribution in [2.75, 3.05) is 18.4 Å². The number of nitrogens with zero attached hydrogens (tertiary/aromatic N) is 4. The number of amides is 1. The summed E-state index contributed by atoms with van der Waals surface area (Å²) < 4.78 is 5.92. The zero-order chi connectivity index (χ0) is 19.5. The molecular weight excluding hydrogens is 358 g/mol. The molecule has 0 saturated carbocycles. The van der Waals surface area contributed by atoms with Gasteiger partial charge in [-0.05, 0) is 31.2 Å². The maximum absolute atomic E-state index is 11.0. The normalized spacial score (nSPS) is 14.8. The van der Waals surface area contributed by atoms with Gasteiger partial charge in [-0.25, -0.2) is 14.8 Å². The standard InChI is InChI=1S/C20H21N5O3/c1-13-2-3-14-10-15(4-5-17(14)23-13)24-18-11-19(22-12-21-18)28-16-6-8-25(9-7-16)20(26)27/h2-5,10-12,16H,6-9H2,1H3,(H,26,27)(H,21,22,24). The van der Waals surface area contributed by atoms with Crippen molar-refractivity contribution in [1.29, 1.82) is 0 Å². The van der Waals surface area contributed by atoms with Crippen LogP contribution in [0.3, 0.4) is 0 Å². The minimum Gasteiger partial charge on any atom is -0.474 e. The highest BCUT2D eigenvalue weighted by molar-refractivity contribution is 5.83. The van der Waals surface area contributed by atoms with Gasteiger partial charge in [-0.3, -0.25) is 4.98 Å². The quantitative estimate of drug-likeness (QED) is 0.714. The van der Waals surface area contributed by atoms with Crippen LogP contribution < -0.4 is 10.1 Å². The molecule has 28 heavy (non-hydrogen) atoms. The van der Waals surface area contributed by atoms with E-state index < -0.39 is 6.09 Å². The number of fused-ring (bicyclic) bond motifs is 1. The number of anilines is 2. The monoisotopic (exact) mass is 379 g/mol. The Morgan fingerprint density at radius 3 is 2.79 bits per heavy atom. The molecule has 1 fully saturated rings. The van der Waals surface area contributed by atoms with E-state index in [2.05, 4.69) is 20.3 Å². The Bertz CT molecular complexity index is 1000. The predicted octanol–water partition coefficient (Wildman–Crippen LogP) is 3.60. The number of likely N-dealkylation sites (tertiary alicyclic amines) is 1. The molecule has 0 unspecified atom stereocenters. The topological polar surface area (TPSA) is 100 Å². The summed E-state index contributed by atoms with van der Waals surface area (Å²) in [5.41, 5.74) is 2.84. The molecule has 1 aliphatic rings. The molecule has 1 amide bonds. The molecule has 0 bridgehead atoms. The molecule has 1 saturated heterocycles. The molecule has 8 heteroatoms. The number of rotatable bonds is 4. The molecule has 0 spiro atoms. The molecule has 8 nitrogen and oxygen atoms in total. The molecule has 144 valence electrons. The number of carboxylic acid groups (broad SMARTS) is 1.